The van der Waals surface area contributed by atoms with E-state index in [2.05, 4.69) is 19.6 Å². The minimum Gasteiger partial charge on any atom is -0.496 e. The zero-order valence-corrected chi connectivity index (χ0v) is 18.6. The van der Waals surface area contributed by atoms with Crippen molar-refractivity contribution in [1.29, 1.82) is 0 Å². The summed E-state index contributed by atoms with van der Waals surface area (Å²) in [4.78, 5) is 18.7. The van der Waals surface area contributed by atoms with Gasteiger partial charge in [0.2, 0.25) is 0 Å². The van der Waals surface area contributed by atoms with Gasteiger partial charge in [0.1, 0.15) is 17.4 Å². The molecule has 0 aliphatic rings. The largest absolute Gasteiger partial charge is 0.496 e. The van der Waals surface area contributed by atoms with Crippen LogP contribution >= 0.6 is 11.3 Å². The van der Waals surface area contributed by atoms with Crippen LogP contribution in [0.25, 0.3) is 22.0 Å². The molecule has 1 N–H and O–H groups in total. The summed E-state index contributed by atoms with van der Waals surface area (Å²) in [6.45, 7) is 1.87. The van der Waals surface area contributed by atoms with Crippen molar-refractivity contribution < 1.29 is 31.6 Å². The number of aromatic amines is 1. The van der Waals surface area contributed by atoms with Crippen molar-refractivity contribution >= 4 is 11.3 Å². The second-order valence-electron chi connectivity index (χ2n) is 7.03. The Morgan fingerprint density at radius 2 is 1.88 bits per heavy atom. The first-order valence-corrected chi connectivity index (χ1v) is 10.7. The first-order chi connectivity index (χ1) is 16.2. The lowest BCUT2D eigenvalue weighted by Crippen LogP contribution is -2.03. The molecular formula is C22H17F4N3O4S. The lowest BCUT2D eigenvalue weighted by Gasteiger charge is -2.11. The Labute approximate surface area is 194 Å². The smallest absolute Gasteiger partial charge is 0.439 e. The van der Waals surface area contributed by atoms with Gasteiger partial charge in [-0.3, -0.25) is 9.51 Å². The van der Waals surface area contributed by atoms with Gasteiger partial charge in [0.05, 0.1) is 28.8 Å². The van der Waals surface area contributed by atoms with E-state index in [1.807, 2.05) is 6.92 Å². The van der Waals surface area contributed by atoms with Crippen LogP contribution in [-0.2, 0) is 19.2 Å². The molecule has 178 valence electrons. The molecule has 0 aliphatic carbocycles. The fourth-order valence-corrected chi connectivity index (χ4v) is 4.25. The van der Waals surface area contributed by atoms with Gasteiger partial charge in [-0.15, -0.1) is 11.3 Å². The first kappa shape index (κ1) is 23.5. The Kier molecular flexibility index (Phi) is 6.42. The van der Waals surface area contributed by atoms with Gasteiger partial charge in [0.25, 0.3) is 0 Å². The van der Waals surface area contributed by atoms with Crippen LogP contribution in [0.5, 0.6) is 11.5 Å². The number of H-pyrrole nitrogens is 1. The molecule has 2 aromatic carbocycles. The quantitative estimate of drug-likeness (QED) is 0.343. The fraction of sp³-hybridized carbons (Fsp3) is 0.227. The summed E-state index contributed by atoms with van der Waals surface area (Å²) >= 11 is 1.26. The summed E-state index contributed by atoms with van der Waals surface area (Å²) in [6.07, 6.45) is -3.86. The Balaban J connectivity index is 1.57. The van der Waals surface area contributed by atoms with Gasteiger partial charge >= 0.3 is 11.9 Å². The molecule has 0 saturated carbocycles. The normalized spacial score (nSPS) is 11.6. The van der Waals surface area contributed by atoms with E-state index in [4.69, 9.17) is 9.47 Å². The number of halogens is 4. The summed E-state index contributed by atoms with van der Waals surface area (Å²) in [5.74, 6) is -1.40. The van der Waals surface area contributed by atoms with Crippen molar-refractivity contribution in [2.45, 2.75) is 26.1 Å². The van der Waals surface area contributed by atoms with E-state index < -0.39 is 23.3 Å². The van der Waals surface area contributed by atoms with Crippen LogP contribution in [0.2, 0.25) is 0 Å². The number of ether oxygens (including phenoxy) is 2. The molecule has 4 rings (SSSR count). The number of rotatable bonds is 7. The van der Waals surface area contributed by atoms with Gasteiger partial charge in [0.15, 0.2) is 17.4 Å². The van der Waals surface area contributed by atoms with Crippen molar-refractivity contribution in [1.82, 2.24) is 15.1 Å². The summed E-state index contributed by atoms with van der Waals surface area (Å²) in [7, 11) is 1.37. The van der Waals surface area contributed by atoms with Gasteiger partial charge in [-0.1, -0.05) is 24.2 Å². The molecule has 0 radical (unpaired) electrons. The Bertz CT molecular complexity index is 1360. The van der Waals surface area contributed by atoms with Crippen molar-refractivity contribution in [2.24, 2.45) is 0 Å². The highest BCUT2D eigenvalue weighted by Crippen LogP contribution is 2.36. The molecule has 0 fully saturated rings. The minimum atomic E-state index is -4.42. The standard InChI is InChI=1S/C22H17F4N3O4S/c1-3-15-18(34-20(27-15)11-4-6-12(7-5-11)22(24,25)26)10-32-17-9-16(31-2)13(8-14(17)23)19-28-21(30)33-29-19/h4-9H,3,10H2,1-2H3,(H,28,29,30). The van der Waals surface area contributed by atoms with E-state index >= 15 is 0 Å². The maximum Gasteiger partial charge on any atom is 0.439 e. The first-order valence-electron chi connectivity index (χ1n) is 9.92. The number of methoxy groups -OCH3 is 1. The lowest BCUT2D eigenvalue weighted by molar-refractivity contribution is -0.137. The van der Waals surface area contributed by atoms with Crippen LogP contribution in [0.15, 0.2) is 45.7 Å². The average molecular weight is 495 g/mol. The maximum atomic E-state index is 14.7. The highest BCUT2D eigenvalue weighted by atomic mass is 32.1. The number of thiazole rings is 1. The van der Waals surface area contributed by atoms with E-state index in [1.165, 1.54) is 36.6 Å². The molecule has 0 amide bonds. The van der Waals surface area contributed by atoms with Crippen molar-refractivity contribution in [2.75, 3.05) is 7.11 Å². The Morgan fingerprint density at radius 3 is 2.47 bits per heavy atom. The summed E-state index contributed by atoms with van der Waals surface area (Å²) < 4.78 is 68.6. The number of benzene rings is 2. The van der Waals surface area contributed by atoms with E-state index in [-0.39, 0.29) is 29.5 Å². The topological polar surface area (TPSA) is 90.2 Å². The summed E-state index contributed by atoms with van der Waals surface area (Å²) in [5, 5.41) is 4.07. The third kappa shape index (κ3) is 4.81. The van der Waals surface area contributed by atoms with Gasteiger partial charge in [-0.25, -0.2) is 14.2 Å². The number of alkyl halides is 3. The fourth-order valence-electron chi connectivity index (χ4n) is 3.19. The molecule has 0 bridgehead atoms. The number of hydrogen-bond donors (Lipinski definition) is 1. The number of aryl methyl sites for hydroxylation is 1. The summed E-state index contributed by atoms with van der Waals surface area (Å²) in [5.41, 5.74) is 0.672. The second kappa shape index (κ2) is 9.29. The van der Waals surface area contributed by atoms with E-state index in [1.54, 1.807) is 0 Å². The molecule has 0 aliphatic heterocycles. The molecule has 0 unspecified atom stereocenters. The molecule has 0 saturated heterocycles. The predicted molar refractivity (Wildman–Crippen MR) is 115 cm³/mol. The van der Waals surface area contributed by atoms with Crippen LogP contribution in [-0.4, -0.2) is 22.2 Å². The van der Waals surface area contributed by atoms with Crippen molar-refractivity contribution in [3.05, 3.63) is 68.9 Å². The third-order valence-electron chi connectivity index (χ3n) is 4.88. The zero-order chi connectivity index (χ0) is 24.5. The lowest BCUT2D eigenvalue weighted by atomic mass is 10.1. The molecule has 2 aromatic heterocycles. The van der Waals surface area contributed by atoms with Crippen LogP contribution in [0.3, 0.4) is 0 Å². The maximum absolute atomic E-state index is 14.7. The molecule has 34 heavy (non-hydrogen) atoms. The molecular weight excluding hydrogens is 478 g/mol. The van der Waals surface area contributed by atoms with E-state index in [0.717, 1.165) is 18.2 Å². The van der Waals surface area contributed by atoms with Crippen LogP contribution < -0.4 is 15.2 Å². The zero-order valence-electron chi connectivity index (χ0n) is 17.8. The number of aromatic nitrogens is 3. The van der Waals surface area contributed by atoms with Gasteiger partial charge in [-0.2, -0.15) is 13.2 Å². The monoisotopic (exact) mass is 495 g/mol. The van der Waals surface area contributed by atoms with Gasteiger partial charge < -0.3 is 9.47 Å². The van der Waals surface area contributed by atoms with Crippen LogP contribution in [0.4, 0.5) is 17.6 Å². The molecule has 12 heteroatoms. The number of hydrogen-bond acceptors (Lipinski definition) is 7. The van der Waals surface area contributed by atoms with Crippen LogP contribution in [0.1, 0.15) is 23.1 Å². The SMILES string of the molecule is CCc1nc(-c2ccc(C(F)(F)F)cc2)sc1COc1cc(OC)c(-c2noc(=O)[nH]2)cc1F. The average Bonchev–Trinajstić information content (AvgIpc) is 3.43. The number of nitrogens with one attached hydrogen (secondary N) is 1. The molecule has 0 atom stereocenters. The molecule has 0 spiro atoms. The summed E-state index contributed by atoms with van der Waals surface area (Å²) in [6, 6.07) is 7.16. The highest BCUT2D eigenvalue weighted by Gasteiger charge is 2.30. The Hall–Kier alpha value is -3.67. The van der Waals surface area contributed by atoms with E-state index in [0.29, 0.717) is 27.6 Å². The third-order valence-corrected chi connectivity index (χ3v) is 6.00. The van der Waals surface area contributed by atoms with Crippen LogP contribution in [0, 0.1) is 5.82 Å². The predicted octanol–water partition coefficient (Wildman–Crippen LogP) is 5.46. The highest BCUT2D eigenvalue weighted by molar-refractivity contribution is 7.15. The second-order valence-corrected chi connectivity index (χ2v) is 8.12. The van der Waals surface area contributed by atoms with Gasteiger partial charge in [-0.05, 0) is 24.6 Å². The molecule has 4 aromatic rings. The molecule has 7 nitrogen and oxygen atoms in total. The van der Waals surface area contributed by atoms with Gasteiger partial charge in [0, 0.05) is 11.6 Å². The minimum absolute atomic E-state index is 0.00390. The molecule has 2 heterocycles. The van der Waals surface area contributed by atoms with Crippen molar-refractivity contribution in [3.63, 3.8) is 0 Å². The Morgan fingerprint density at radius 1 is 1.15 bits per heavy atom. The van der Waals surface area contributed by atoms with E-state index in [9.17, 15) is 22.4 Å². The number of nitrogens with zero attached hydrogens (tertiary/aromatic N) is 2. The van der Waals surface area contributed by atoms with Crippen molar-refractivity contribution in [3.8, 4) is 33.5 Å².